The Morgan fingerprint density at radius 3 is 2.25 bits per heavy atom. The molecule has 0 saturated carbocycles. The summed E-state index contributed by atoms with van der Waals surface area (Å²) >= 11 is 6.19. The van der Waals surface area contributed by atoms with Gasteiger partial charge < -0.3 is 4.74 Å². The van der Waals surface area contributed by atoms with E-state index in [1.807, 2.05) is 0 Å². The number of methoxy groups -OCH3 is 1. The van der Waals surface area contributed by atoms with Gasteiger partial charge in [0.2, 0.25) is 0 Å². The van der Waals surface area contributed by atoms with E-state index in [0.29, 0.717) is 0 Å². The van der Waals surface area contributed by atoms with Gasteiger partial charge in [-0.1, -0.05) is 17.7 Å². The Morgan fingerprint density at radius 2 is 1.75 bits per heavy atom. The van der Waals surface area contributed by atoms with Crippen molar-refractivity contribution in [3.05, 3.63) is 39.9 Å². The van der Waals surface area contributed by atoms with E-state index in [9.17, 15) is 27.6 Å². The average molecular weight is 427 g/mol. The number of Topliss-reactive ketones (excluding diaryl/α,β-unsaturated/α-hetero) is 3. The number of ketones is 3. The first-order valence-corrected chi connectivity index (χ1v) is 10.4. The molecule has 1 unspecified atom stereocenters. The van der Waals surface area contributed by atoms with Crippen molar-refractivity contribution in [1.29, 1.82) is 0 Å². The van der Waals surface area contributed by atoms with E-state index in [-0.39, 0.29) is 11.1 Å². The summed E-state index contributed by atoms with van der Waals surface area (Å²) in [5.74, 6) is -4.83. The molecule has 2 rings (SSSR count). The van der Waals surface area contributed by atoms with Crippen LogP contribution in [0.3, 0.4) is 0 Å². The van der Waals surface area contributed by atoms with Gasteiger partial charge in [0, 0.05) is 17.2 Å². The summed E-state index contributed by atoms with van der Waals surface area (Å²) in [6.45, 7) is 4.67. The normalized spacial score (nSPS) is 19.2. The molecule has 150 valence electrons. The van der Waals surface area contributed by atoms with Crippen LogP contribution < -0.4 is 0 Å². The molecule has 0 heterocycles. The third-order valence-electron chi connectivity index (χ3n) is 4.55. The number of carbonyl (C=O) groups is 4. The summed E-state index contributed by atoms with van der Waals surface area (Å²) < 4.78 is 28.5. The van der Waals surface area contributed by atoms with Crippen LogP contribution in [-0.2, 0) is 24.2 Å². The lowest BCUT2D eigenvalue weighted by atomic mass is 9.70. The average Bonchev–Trinajstić information content (AvgIpc) is 2.58. The highest BCUT2D eigenvalue weighted by Crippen LogP contribution is 2.36. The molecule has 1 aromatic carbocycles. The number of halogens is 1. The van der Waals surface area contributed by atoms with E-state index in [1.54, 1.807) is 13.8 Å². The molecule has 0 fully saturated rings. The van der Waals surface area contributed by atoms with Gasteiger partial charge in [0.15, 0.2) is 27.2 Å². The maximum absolute atomic E-state index is 13.0. The van der Waals surface area contributed by atoms with Crippen LogP contribution in [0.15, 0.2) is 28.7 Å². The summed E-state index contributed by atoms with van der Waals surface area (Å²) in [4.78, 5) is 50.0. The fraction of sp³-hybridized carbons (Fsp3) is 0.368. The van der Waals surface area contributed by atoms with Crippen molar-refractivity contribution in [1.82, 2.24) is 0 Å². The molecule has 0 aromatic heterocycles. The number of hydrogen-bond acceptors (Lipinski definition) is 7. The summed E-state index contributed by atoms with van der Waals surface area (Å²) in [7, 11) is -2.84. The third-order valence-corrected chi connectivity index (χ3v) is 6.08. The van der Waals surface area contributed by atoms with Crippen LogP contribution in [-0.4, -0.2) is 45.1 Å². The Hall–Kier alpha value is -2.32. The van der Waals surface area contributed by atoms with Crippen LogP contribution in [0, 0.1) is 11.3 Å². The maximum atomic E-state index is 13.0. The number of sulfone groups is 1. The lowest BCUT2D eigenvalue weighted by Crippen LogP contribution is -2.43. The van der Waals surface area contributed by atoms with E-state index in [4.69, 9.17) is 11.6 Å². The molecule has 1 aliphatic carbocycles. The van der Waals surface area contributed by atoms with Crippen LogP contribution in [0.25, 0.3) is 0 Å². The Balaban J connectivity index is 2.71. The van der Waals surface area contributed by atoms with Crippen LogP contribution in [0.4, 0.5) is 0 Å². The summed E-state index contributed by atoms with van der Waals surface area (Å²) in [5, 5.41) is -0.481. The molecule has 0 spiro atoms. The Bertz CT molecular complexity index is 1050. The van der Waals surface area contributed by atoms with Gasteiger partial charge >= 0.3 is 5.97 Å². The fourth-order valence-electron chi connectivity index (χ4n) is 3.15. The van der Waals surface area contributed by atoms with E-state index < -0.39 is 60.0 Å². The molecule has 0 radical (unpaired) electrons. The van der Waals surface area contributed by atoms with Crippen molar-refractivity contribution >= 4 is 44.8 Å². The number of hydrogen-bond donors (Lipinski definition) is 0. The number of rotatable bonds is 4. The van der Waals surface area contributed by atoms with Crippen LogP contribution in [0.5, 0.6) is 0 Å². The highest BCUT2D eigenvalue weighted by Gasteiger charge is 2.46. The van der Waals surface area contributed by atoms with E-state index in [2.05, 4.69) is 4.74 Å². The zero-order chi connectivity index (χ0) is 21.6. The van der Waals surface area contributed by atoms with Gasteiger partial charge in [-0.15, -0.1) is 0 Å². The maximum Gasteiger partial charge on any atom is 0.340 e. The lowest BCUT2D eigenvalue weighted by Gasteiger charge is -2.29. The second-order valence-corrected chi connectivity index (χ2v) is 9.50. The summed E-state index contributed by atoms with van der Waals surface area (Å²) in [6, 6.07) is 2.13. The molecule has 7 nitrogen and oxygen atoms in total. The number of carbonyl (C=O) groups excluding carboxylic acids is 4. The number of allylic oxidation sites excluding steroid dienone is 2. The van der Waals surface area contributed by atoms with Crippen LogP contribution in [0.2, 0.25) is 5.02 Å². The van der Waals surface area contributed by atoms with E-state index in [1.165, 1.54) is 13.0 Å². The Kier molecular flexibility index (Phi) is 5.69. The SMILES string of the molecule is COC(=O)c1c(S(C)(=O)=O)ccc(C(=O)C2C(=O)C(C)=CC(C)(C)C2=O)c1Cl. The van der Waals surface area contributed by atoms with Crippen molar-refractivity contribution in [3.8, 4) is 0 Å². The molecular formula is C19H19ClO7S. The number of benzene rings is 1. The van der Waals surface area contributed by atoms with Gasteiger partial charge in [-0.25, -0.2) is 13.2 Å². The van der Waals surface area contributed by atoms with E-state index in [0.717, 1.165) is 25.5 Å². The fourth-order valence-corrected chi connectivity index (χ4v) is 4.41. The first-order valence-electron chi connectivity index (χ1n) is 8.17. The van der Waals surface area contributed by atoms with Crippen molar-refractivity contribution in [3.63, 3.8) is 0 Å². The minimum absolute atomic E-state index is 0.264. The number of esters is 1. The molecule has 0 bridgehead atoms. The summed E-state index contributed by atoms with van der Waals surface area (Å²) in [5.41, 5.74) is -1.59. The molecule has 1 atom stereocenters. The number of ether oxygens (including phenoxy) is 1. The molecule has 28 heavy (non-hydrogen) atoms. The van der Waals surface area contributed by atoms with Gasteiger partial charge in [-0.3, -0.25) is 14.4 Å². The molecule has 0 saturated heterocycles. The molecule has 0 amide bonds. The topological polar surface area (TPSA) is 112 Å². The molecule has 0 N–H and O–H groups in total. The lowest BCUT2D eigenvalue weighted by molar-refractivity contribution is -0.134. The highest BCUT2D eigenvalue weighted by molar-refractivity contribution is 7.90. The minimum atomic E-state index is -3.87. The molecule has 1 aliphatic rings. The quantitative estimate of drug-likeness (QED) is 0.413. The Labute approximate surface area is 167 Å². The first-order chi connectivity index (χ1) is 12.7. The van der Waals surface area contributed by atoms with Gasteiger partial charge in [-0.2, -0.15) is 0 Å². The van der Waals surface area contributed by atoms with Crippen molar-refractivity contribution in [2.45, 2.75) is 25.7 Å². The van der Waals surface area contributed by atoms with Crippen molar-refractivity contribution in [2.75, 3.05) is 13.4 Å². The van der Waals surface area contributed by atoms with Crippen molar-refractivity contribution < 1.29 is 32.3 Å². The monoisotopic (exact) mass is 426 g/mol. The molecule has 1 aromatic rings. The van der Waals surface area contributed by atoms with Crippen LogP contribution >= 0.6 is 11.6 Å². The smallest absolute Gasteiger partial charge is 0.340 e. The largest absolute Gasteiger partial charge is 0.465 e. The predicted molar refractivity (Wildman–Crippen MR) is 101 cm³/mol. The van der Waals surface area contributed by atoms with Crippen molar-refractivity contribution in [2.24, 2.45) is 11.3 Å². The molecule has 9 heteroatoms. The zero-order valence-electron chi connectivity index (χ0n) is 16.0. The Morgan fingerprint density at radius 1 is 1.18 bits per heavy atom. The second-order valence-electron chi connectivity index (χ2n) is 7.14. The predicted octanol–water partition coefficient (Wildman–Crippen LogP) is 2.45. The first kappa shape index (κ1) is 22.0. The van der Waals surface area contributed by atoms with Crippen LogP contribution in [0.1, 0.15) is 41.5 Å². The molecule has 0 aliphatic heterocycles. The van der Waals surface area contributed by atoms with Gasteiger partial charge in [0.05, 0.1) is 22.6 Å². The second kappa shape index (κ2) is 7.25. The van der Waals surface area contributed by atoms with E-state index >= 15 is 0 Å². The third kappa shape index (κ3) is 3.66. The minimum Gasteiger partial charge on any atom is -0.465 e. The van der Waals surface area contributed by atoms with Gasteiger partial charge in [0.25, 0.3) is 0 Å². The summed E-state index contributed by atoms with van der Waals surface area (Å²) in [6.07, 6.45) is 2.37. The standard InChI is InChI=1S/C19H19ClO7S/c1-9-8-19(2,3)17(23)13(15(9)21)16(22)10-6-7-11(28(5,25)26)12(14(10)20)18(24)27-4/h6-8,13H,1-5H3. The van der Waals surface area contributed by atoms with Gasteiger partial charge in [-0.05, 0) is 38.5 Å². The molecular weight excluding hydrogens is 408 g/mol. The zero-order valence-corrected chi connectivity index (χ0v) is 17.5. The highest BCUT2D eigenvalue weighted by atomic mass is 35.5. The van der Waals surface area contributed by atoms with Gasteiger partial charge in [0.1, 0.15) is 5.92 Å².